The van der Waals surface area contributed by atoms with Crippen LogP contribution in [0.2, 0.25) is 5.02 Å². The topological polar surface area (TPSA) is 139 Å². The summed E-state index contributed by atoms with van der Waals surface area (Å²) in [7, 11) is 0. The lowest BCUT2D eigenvalue weighted by Crippen LogP contribution is -2.55. The molecule has 190 valence electrons. The first-order valence-electron chi connectivity index (χ1n) is 11.0. The van der Waals surface area contributed by atoms with E-state index in [1.54, 1.807) is 18.3 Å². The number of nitrogens with two attached hydrogens (primary N) is 1. The van der Waals surface area contributed by atoms with Gasteiger partial charge < -0.3 is 15.8 Å². The molecule has 0 radical (unpaired) electrons. The lowest BCUT2D eigenvalue weighted by molar-refractivity contribution is -0.137. The van der Waals surface area contributed by atoms with Gasteiger partial charge >= 0.3 is 6.09 Å². The van der Waals surface area contributed by atoms with Crippen molar-refractivity contribution in [3.8, 4) is 0 Å². The number of hydrogen-bond donors (Lipinski definition) is 4. The van der Waals surface area contributed by atoms with Gasteiger partial charge in [-0.2, -0.15) is 0 Å². The van der Waals surface area contributed by atoms with Crippen molar-refractivity contribution in [1.82, 2.24) is 20.7 Å². The van der Waals surface area contributed by atoms with E-state index < -0.39 is 29.8 Å². The molecule has 5 N–H and O–H groups in total. The maximum atomic E-state index is 13.8. The third kappa shape index (κ3) is 7.35. The van der Waals surface area contributed by atoms with Crippen LogP contribution in [0.3, 0.4) is 0 Å². The van der Waals surface area contributed by atoms with Gasteiger partial charge in [0.15, 0.2) is 0 Å². The SMILES string of the molecule is CC(=O)N(NCc1cccc(F)c1Cl)[C@@H](CNC(=O)CN)COC(=O)Nc1cc2ccccc2cn1. The number of rotatable bonds is 10. The summed E-state index contributed by atoms with van der Waals surface area (Å²) < 4.78 is 19.1. The van der Waals surface area contributed by atoms with Gasteiger partial charge in [-0.1, -0.05) is 48.0 Å². The van der Waals surface area contributed by atoms with E-state index in [0.717, 1.165) is 10.8 Å². The number of amides is 3. The van der Waals surface area contributed by atoms with Gasteiger partial charge in [0, 0.05) is 31.6 Å². The monoisotopic (exact) mass is 516 g/mol. The highest BCUT2D eigenvalue weighted by Gasteiger charge is 2.24. The maximum Gasteiger partial charge on any atom is 0.412 e. The standard InChI is InChI=1S/C24H26ClFN6O4/c1-15(33)32(30-12-18-7-4-8-20(26)23(18)25)19(13-29-22(34)10-27)14-36-24(35)31-21-9-16-5-2-3-6-17(16)11-28-21/h2-9,11,19,30H,10,12-14,27H2,1H3,(H,29,34)(H,28,31,35)/t19-/m0/s1. The molecule has 0 aliphatic carbocycles. The Morgan fingerprint density at radius 1 is 1.17 bits per heavy atom. The number of pyridine rings is 1. The number of carbonyl (C=O) groups is 3. The van der Waals surface area contributed by atoms with Crippen LogP contribution in [-0.2, 0) is 20.9 Å². The fourth-order valence-corrected chi connectivity index (χ4v) is 3.54. The zero-order chi connectivity index (χ0) is 26.1. The molecule has 1 aromatic heterocycles. The number of halogens is 2. The summed E-state index contributed by atoms with van der Waals surface area (Å²) in [6.07, 6.45) is 0.819. The molecule has 0 aliphatic rings. The van der Waals surface area contributed by atoms with Crippen LogP contribution in [0.1, 0.15) is 12.5 Å². The molecule has 36 heavy (non-hydrogen) atoms. The predicted molar refractivity (Wildman–Crippen MR) is 133 cm³/mol. The Hall–Kier alpha value is -3.80. The van der Waals surface area contributed by atoms with Crippen LogP contribution >= 0.6 is 11.6 Å². The van der Waals surface area contributed by atoms with Gasteiger partial charge in [-0.25, -0.2) is 19.6 Å². The molecule has 0 saturated heterocycles. The molecule has 3 amide bonds. The number of benzene rings is 2. The Kier molecular flexibility index (Phi) is 9.51. The van der Waals surface area contributed by atoms with Crippen LogP contribution in [0.5, 0.6) is 0 Å². The van der Waals surface area contributed by atoms with Crippen LogP contribution in [0.15, 0.2) is 54.7 Å². The summed E-state index contributed by atoms with van der Waals surface area (Å²) in [4.78, 5) is 40.7. The van der Waals surface area contributed by atoms with Gasteiger partial charge in [0.2, 0.25) is 11.8 Å². The van der Waals surface area contributed by atoms with Crippen LogP contribution in [-0.4, -0.2) is 53.6 Å². The minimum absolute atomic E-state index is 0.00468. The number of hydrazine groups is 1. The summed E-state index contributed by atoms with van der Waals surface area (Å²) in [5.74, 6) is -1.20. The summed E-state index contributed by atoms with van der Waals surface area (Å²) in [6, 6.07) is 12.7. The first-order chi connectivity index (χ1) is 17.3. The molecule has 10 nitrogen and oxygen atoms in total. The number of ether oxygens (including phenoxy) is 1. The normalized spacial score (nSPS) is 11.6. The second kappa shape index (κ2) is 12.8. The molecular weight excluding hydrogens is 491 g/mol. The van der Waals surface area contributed by atoms with E-state index in [-0.39, 0.29) is 37.1 Å². The largest absolute Gasteiger partial charge is 0.447 e. The van der Waals surface area contributed by atoms with Crippen molar-refractivity contribution >= 4 is 46.1 Å². The number of carbonyl (C=O) groups excluding carboxylic acids is 3. The van der Waals surface area contributed by atoms with Crippen molar-refractivity contribution in [2.75, 3.05) is 25.0 Å². The van der Waals surface area contributed by atoms with Gasteiger partial charge in [0.25, 0.3) is 0 Å². The lowest BCUT2D eigenvalue weighted by atomic mass is 10.2. The highest BCUT2D eigenvalue weighted by molar-refractivity contribution is 6.31. The Morgan fingerprint density at radius 2 is 1.92 bits per heavy atom. The molecule has 0 saturated carbocycles. The van der Waals surface area contributed by atoms with Crippen molar-refractivity contribution in [2.45, 2.75) is 19.5 Å². The van der Waals surface area contributed by atoms with Gasteiger partial charge in [-0.15, -0.1) is 0 Å². The van der Waals surface area contributed by atoms with Crippen LogP contribution in [0.25, 0.3) is 10.8 Å². The number of nitrogens with zero attached hydrogens (tertiary/aromatic N) is 2. The smallest absolute Gasteiger partial charge is 0.412 e. The van der Waals surface area contributed by atoms with E-state index in [4.69, 9.17) is 22.1 Å². The quantitative estimate of drug-likeness (QED) is 0.304. The molecule has 2 aromatic carbocycles. The predicted octanol–water partition coefficient (Wildman–Crippen LogP) is 2.57. The first-order valence-corrected chi connectivity index (χ1v) is 11.4. The molecule has 0 unspecified atom stereocenters. The maximum absolute atomic E-state index is 13.8. The van der Waals surface area contributed by atoms with Crippen LogP contribution in [0.4, 0.5) is 15.0 Å². The molecular formula is C24H26ClFN6O4. The van der Waals surface area contributed by atoms with Crippen LogP contribution in [0, 0.1) is 5.82 Å². The third-order valence-electron chi connectivity index (χ3n) is 5.16. The molecule has 1 heterocycles. The zero-order valence-electron chi connectivity index (χ0n) is 19.5. The molecule has 0 spiro atoms. The molecule has 0 fully saturated rings. The number of nitrogens with one attached hydrogen (secondary N) is 3. The number of hydrogen-bond acceptors (Lipinski definition) is 7. The number of fused-ring (bicyclic) bond motifs is 1. The summed E-state index contributed by atoms with van der Waals surface area (Å²) in [5.41, 5.74) is 8.62. The van der Waals surface area contributed by atoms with Crippen molar-refractivity contribution in [3.05, 3.63) is 71.1 Å². The van der Waals surface area contributed by atoms with E-state index in [1.807, 2.05) is 24.3 Å². The van der Waals surface area contributed by atoms with Crippen molar-refractivity contribution in [3.63, 3.8) is 0 Å². The van der Waals surface area contributed by atoms with E-state index >= 15 is 0 Å². The highest BCUT2D eigenvalue weighted by atomic mass is 35.5. The van der Waals surface area contributed by atoms with Gasteiger partial charge in [0.1, 0.15) is 18.2 Å². The van der Waals surface area contributed by atoms with Crippen molar-refractivity contribution in [1.29, 1.82) is 0 Å². The van der Waals surface area contributed by atoms with Crippen LogP contribution < -0.4 is 21.8 Å². The molecule has 0 bridgehead atoms. The molecule has 3 rings (SSSR count). The summed E-state index contributed by atoms with van der Waals surface area (Å²) >= 11 is 6.00. The average molecular weight is 517 g/mol. The van der Waals surface area contributed by atoms with E-state index in [1.165, 1.54) is 24.1 Å². The fraction of sp³-hybridized carbons (Fsp3) is 0.250. The molecule has 0 aliphatic heterocycles. The van der Waals surface area contributed by atoms with E-state index in [9.17, 15) is 18.8 Å². The Labute approximate surface area is 211 Å². The average Bonchev–Trinajstić information content (AvgIpc) is 2.87. The molecule has 12 heteroatoms. The van der Waals surface area contributed by atoms with Gasteiger partial charge in [0.05, 0.1) is 17.6 Å². The van der Waals surface area contributed by atoms with Gasteiger partial charge in [-0.3, -0.25) is 19.9 Å². The fourth-order valence-electron chi connectivity index (χ4n) is 3.35. The van der Waals surface area contributed by atoms with Gasteiger partial charge in [-0.05, 0) is 23.1 Å². The van der Waals surface area contributed by atoms with Crippen molar-refractivity contribution in [2.24, 2.45) is 5.73 Å². The number of anilines is 1. The lowest BCUT2D eigenvalue weighted by Gasteiger charge is -2.31. The Bertz CT molecular complexity index is 1240. The Morgan fingerprint density at radius 3 is 2.64 bits per heavy atom. The second-order valence-corrected chi connectivity index (χ2v) is 8.12. The van der Waals surface area contributed by atoms with E-state index in [2.05, 4.69) is 21.0 Å². The molecule has 1 atom stereocenters. The van der Waals surface area contributed by atoms with Crippen molar-refractivity contribution < 1.29 is 23.5 Å². The summed E-state index contributed by atoms with van der Waals surface area (Å²) in [5, 5.41) is 8.00. The number of aromatic nitrogens is 1. The Balaban J connectivity index is 1.68. The second-order valence-electron chi connectivity index (χ2n) is 7.74. The molecule has 3 aromatic rings. The minimum atomic E-state index is -0.819. The minimum Gasteiger partial charge on any atom is -0.447 e. The summed E-state index contributed by atoms with van der Waals surface area (Å²) in [6.45, 7) is 0.685. The highest BCUT2D eigenvalue weighted by Crippen LogP contribution is 2.20. The third-order valence-corrected chi connectivity index (χ3v) is 5.59. The first kappa shape index (κ1) is 26.8. The zero-order valence-corrected chi connectivity index (χ0v) is 20.2. The van der Waals surface area contributed by atoms with E-state index in [0.29, 0.717) is 5.56 Å².